The molecule has 3 nitrogen and oxygen atoms in total. The van der Waals surface area contributed by atoms with Crippen molar-refractivity contribution in [3.8, 4) is 0 Å². The Labute approximate surface area is 139 Å². The van der Waals surface area contributed by atoms with Gasteiger partial charge in [0.1, 0.15) is 0 Å². The van der Waals surface area contributed by atoms with E-state index in [0.717, 1.165) is 10.4 Å². The molecule has 1 aromatic carbocycles. The fourth-order valence-corrected chi connectivity index (χ4v) is 2.32. The second-order valence-corrected chi connectivity index (χ2v) is 6.99. The highest BCUT2D eigenvalue weighted by molar-refractivity contribution is 7.84. The molecule has 0 amide bonds. The summed E-state index contributed by atoms with van der Waals surface area (Å²) in [5.74, 6) is 0. The zero-order chi connectivity index (χ0) is 17.6. The van der Waals surface area contributed by atoms with Crippen LogP contribution in [-0.4, -0.2) is 28.8 Å². The van der Waals surface area contributed by atoms with Crippen molar-refractivity contribution in [2.75, 3.05) is 6.26 Å². The third-order valence-electron chi connectivity index (χ3n) is 3.74. The molecule has 5 heteroatoms. The maximum absolute atomic E-state index is 11.3. The van der Waals surface area contributed by atoms with Crippen LogP contribution in [0.5, 0.6) is 0 Å². The van der Waals surface area contributed by atoms with Gasteiger partial charge in [0, 0.05) is 22.0 Å². The average Bonchev–Trinajstić information content (AvgIpc) is 2.72. The van der Waals surface area contributed by atoms with E-state index in [1.54, 1.807) is 6.26 Å². The fraction of sp³-hybridized carbons (Fsp3) is 0.647. The van der Waals surface area contributed by atoms with Gasteiger partial charge in [-0.25, -0.2) is 0 Å². The summed E-state index contributed by atoms with van der Waals surface area (Å²) in [6.45, 7) is 16.1. The molecule has 1 saturated heterocycles. The smallest absolute Gasteiger partial charge is 0.399 e. The van der Waals surface area contributed by atoms with Crippen LogP contribution < -0.4 is 5.46 Å². The lowest BCUT2D eigenvalue weighted by atomic mass is 9.79. The lowest BCUT2D eigenvalue weighted by Crippen LogP contribution is -2.41. The number of benzene rings is 1. The van der Waals surface area contributed by atoms with E-state index in [1.165, 1.54) is 0 Å². The van der Waals surface area contributed by atoms with Crippen LogP contribution in [0.3, 0.4) is 0 Å². The minimum absolute atomic E-state index is 0.329. The average molecular weight is 326 g/mol. The van der Waals surface area contributed by atoms with Crippen molar-refractivity contribution in [2.45, 2.75) is 71.5 Å². The quantitative estimate of drug-likeness (QED) is 0.776. The molecule has 0 bridgehead atoms. The molecule has 0 aromatic heterocycles. The molecule has 0 saturated carbocycles. The van der Waals surface area contributed by atoms with Crippen molar-refractivity contribution >= 4 is 23.4 Å². The minimum Gasteiger partial charge on any atom is -0.399 e. The van der Waals surface area contributed by atoms with Crippen molar-refractivity contribution < 1.29 is 13.5 Å². The van der Waals surface area contributed by atoms with E-state index >= 15 is 0 Å². The summed E-state index contributed by atoms with van der Waals surface area (Å²) >= 11 is 0. The Morgan fingerprint density at radius 2 is 1.23 bits per heavy atom. The molecule has 2 rings (SSSR count). The normalized spacial score (nSPS) is 19.4. The maximum atomic E-state index is 11.3. The SMILES string of the molecule is CC.CC.CS(=O)c1ccc(B2OC(C)(C)C(C)(C)O2)cc1. The topological polar surface area (TPSA) is 35.5 Å². The third-order valence-corrected chi connectivity index (χ3v) is 4.67. The van der Waals surface area contributed by atoms with Crippen molar-refractivity contribution in [1.29, 1.82) is 0 Å². The van der Waals surface area contributed by atoms with Crippen molar-refractivity contribution in [3.05, 3.63) is 24.3 Å². The first-order valence-electron chi connectivity index (χ1n) is 8.02. The highest BCUT2D eigenvalue weighted by atomic mass is 32.2. The van der Waals surface area contributed by atoms with E-state index in [-0.39, 0.29) is 18.3 Å². The highest BCUT2D eigenvalue weighted by Crippen LogP contribution is 2.36. The van der Waals surface area contributed by atoms with Gasteiger partial charge in [-0.05, 0) is 45.3 Å². The summed E-state index contributed by atoms with van der Waals surface area (Å²) < 4.78 is 23.2. The molecular formula is C17H31BO3S. The minimum atomic E-state index is -0.951. The van der Waals surface area contributed by atoms with Crippen LogP contribution in [0.15, 0.2) is 29.2 Å². The second kappa shape index (κ2) is 8.85. The standard InChI is InChI=1S/C13H19BO3S.2C2H6/c1-12(2)13(3,4)17-14(16-12)10-6-8-11(9-7-10)18(5)15;2*1-2/h6-9H,1-5H3;2*1-2H3. The molecule has 1 atom stereocenters. The van der Waals surface area contributed by atoms with E-state index in [0.29, 0.717) is 0 Å². The molecule has 1 aliphatic heterocycles. The van der Waals surface area contributed by atoms with Gasteiger partial charge < -0.3 is 9.31 Å². The Morgan fingerprint density at radius 3 is 1.55 bits per heavy atom. The summed E-state index contributed by atoms with van der Waals surface area (Å²) in [6, 6.07) is 7.55. The van der Waals surface area contributed by atoms with E-state index in [2.05, 4.69) is 0 Å². The Kier molecular flexibility index (Phi) is 8.59. The van der Waals surface area contributed by atoms with Gasteiger partial charge in [-0.1, -0.05) is 39.8 Å². The molecule has 0 spiro atoms. The van der Waals surface area contributed by atoms with Gasteiger partial charge in [0.15, 0.2) is 0 Å². The fourth-order valence-electron chi connectivity index (χ4n) is 1.80. The molecule has 1 heterocycles. The predicted molar refractivity (Wildman–Crippen MR) is 97.2 cm³/mol. The zero-order valence-electron chi connectivity index (χ0n) is 15.5. The maximum Gasteiger partial charge on any atom is 0.494 e. The predicted octanol–water partition coefficient (Wildman–Crippen LogP) is 3.78. The van der Waals surface area contributed by atoms with E-state index in [1.807, 2.05) is 79.7 Å². The lowest BCUT2D eigenvalue weighted by molar-refractivity contribution is 0.00578. The van der Waals surface area contributed by atoms with Crippen LogP contribution in [0.2, 0.25) is 0 Å². The summed E-state index contributed by atoms with van der Waals surface area (Å²) in [4.78, 5) is 0.815. The summed E-state index contributed by atoms with van der Waals surface area (Å²) in [5, 5.41) is 0. The van der Waals surface area contributed by atoms with Crippen LogP contribution >= 0.6 is 0 Å². The molecule has 126 valence electrons. The Hall–Kier alpha value is -0.645. The molecule has 1 fully saturated rings. The highest BCUT2D eigenvalue weighted by Gasteiger charge is 2.51. The summed E-state index contributed by atoms with van der Waals surface area (Å²) in [7, 11) is -1.30. The van der Waals surface area contributed by atoms with E-state index < -0.39 is 10.8 Å². The molecule has 0 radical (unpaired) electrons. The first kappa shape index (κ1) is 21.4. The molecule has 1 aromatic rings. The van der Waals surface area contributed by atoms with E-state index in [9.17, 15) is 4.21 Å². The van der Waals surface area contributed by atoms with Crippen LogP contribution in [0.4, 0.5) is 0 Å². The monoisotopic (exact) mass is 326 g/mol. The van der Waals surface area contributed by atoms with Gasteiger partial charge in [0.2, 0.25) is 0 Å². The van der Waals surface area contributed by atoms with Crippen LogP contribution in [0, 0.1) is 0 Å². The molecule has 1 unspecified atom stereocenters. The molecular weight excluding hydrogens is 295 g/mol. The van der Waals surface area contributed by atoms with Crippen molar-refractivity contribution in [1.82, 2.24) is 0 Å². The van der Waals surface area contributed by atoms with Gasteiger partial charge in [-0.15, -0.1) is 0 Å². The van der Waals surface area contributed by atoms with Gasteiger partial charge in [0.05, 0.1) is 11.2 Å². The van der Waals surface area contributed by atoms with Crippen LogP contribution in [0.25, 0.3) is 0 Å². The van der Waals surface area contributed by atoms with Gasteiger partial charge in [-0.3, -0.25) is 4.21 Å². The van der Waals surface area contributed by atoms with Gasteiger partial charge >= 0.3 is 7.12 Å². The number of rotatable bonds is 2. The largest absolute Gasteiger partial charge is 0.494 e. The Balaban J connectivity index is 0.00000102. The number of hydrogen-bond donors (Lipinski definition) is 0. The third kappa shape index (κ3) is 4.93. The molecule has 22 heavy (non-hydrogen) atoms. The second-order valence-electron chi connectivity index (χ2n) is 5.61. The summed E-state index contributed by atoms with van der Waals surface area (Å²) in [6.07, 6.45) is 1.67. The molecule has 0 N–H and O–H groups in total. The van der Waals surface area contributed by atoms with Crippen LogP contribution in [-0.2, 0) is 20.1 Å². The Morgan fingerprint density at radius 1 is 0.864 bits per heavy atom. The molecule has 1 aliphatic rings. The number of hydrogen-bond acceptors (Lipinski definition) is 3. The van der Waals surface area contributed by atoms with Gasteiger partial charge in [0.25, 0.3) is 0 Å². The Bertz CT molecular complexity index is 453. The van der Waals surface area contributed by atoms with Crippen LogP contribution in [0.1, 0.15) is 55.4 Å². The van der Waals surface area contributed by atoms with Crippen molar-refractivity contribution in [2.24, 2.45) is 0 Å². The lowest BCUT2D eigenvalue weighted by Gasteiger charge is -2.32. The first-order valence-corrected chi connectivity index (χ1v) is 9.58. The van der Waals surface area contributed by atoms with E-state index in [4.69, 9.17) is 9.31 Å². The molecule has 0 aliphatic carbocycles. The first-order chi connectivity index (χ1) is 10.2. The summed E-state index contributed by atoms with van der Waals surface area (Å²) in [5.41, 5.74) is 0.302. The van der Waals surface area contributed by atoms with Crippen molar-refractivity contribution in [3.63, 3.8) is 0 Å². The van der Waals surface area contributed by atoms with Gasteiger partial charge in [-0.2, -0.15) is 0 Å². The zero-order valence-corrected chi connectivity index (χ0v) is 16.3.